The molecule has 0 spiro atoms. The van der Waals surface area contributed by atoms with E-state index in [2.05, 4.69) is 6.07 Å². The monoisotopic (exact) mass is 231 g/mol. The number of benzene rings is 1. The van der Waals surface area contributed by atoms with Crippen LogP contribution in [0, 0.1) is 29.0 Å². The number of halogens is 1. The first kappa shape index (κ1) is 10.7. The van der Waals surface area contributed by atoms with Gasteiger partial charge in [0.2, 0.25) is 0 Å². The third kappa shape index (κ3) is 1.64. The fourth-order valence-corrected chi connectivity index (χ4v) is 2.77. The maximum absolute atomic E-state index is 13.4. The van der Waals surface area contributed by atoms with Crippen molar-refractivity contribution in [3.8, 4) is 6.07 Å². The van der Waals surface area contributed by atoms with Crippen molar-refractivity contribution in [1.29, 1.82) is 5.26 Å². The lowest BCUT2D eigenvalue weighted by atomic mass is 9.81. The van der Waals surface area contributed by atoms with Gasteiger partial charge in [0.05, 0.1) is 17.2 Å². The predicted octanol–water partition coefficient (Wildman–Crippen LogP) is 2.70. The minimum Gasteiger partial charge on any atom is -0.385 e. The second-order valence-corrected chi connectivity index (χ2v) is 5.18. The van der Waals surface area contributed by atoms with Gasteiger partial charge in [-0.15, -0.1) is 0 Å². The van der Waals surface area contributed by atoms with E-state index < -0.39 is 5.60 Å². The van der Waals surface area contributed by atoms with Crippen LogP contribution in [0.25, 0.3) is 0 Å². The molecule has 0 aromatic heterocycles. The molecule has 2 aliphatic carbocycles. The molecule has 17 heavy (non-hydrogen) atoms. The van der Waals surface area contributed by atoms with Crippen LogP contribution in [-0.4, -0.2) is 5.11 Å². The minimum atomic E-state index is -0.965. The van der Waals surface area contributed by atoms with Crippen molar-refractivity contribution in [2.75, 3.05) is 0 Å². The second kappa shape index (κ2) is 3.54. The van der Waals surface area contributed by atoms with Crippen LogP contribution in [0.2, 0.25) is 0 Å². The van der Waals surface area contributed by atoms with Gasteiger partial charge in [-0.3, -0.25) is 0 Å². The van der Waals surface area contributed by atoms with Crippen LogP contribution in [0.1, 0.15) is 36.8 Å². The van der Waals surface area contributed by atoms with Crippen LogP contribution >= 0.6 is 0 Å². The number of hydrogen-bond donors (Lipinski definition) is 1. The predicted molar refractivity (Wildman–Crippen MR) is 60.5 cm³/mol. The highest BCUT2D eigenvalue weighted by Gasteiger charge is 2.55. The fraction of sp³-hybridized carbons (Fsp3) is 0.500. The van der Waals surface area contributed by atoms with E-state index in [0.717, 1.165) is 25.7 Å². The third-order valence-electron chi connectivity index (χ3n) is 3.93. The van der Waals surface area contributed by atoms with Crippen molar-refractivity contribution in [3.05, 3.63) is 35.1 Å². The zero-order valence-corrected chi connectivity index (χ0v) is 9.49. The number of rotatable bonds is 3. The SMILES string of the molecule is N#Cc1ccc(F)cc1C(O)(C1CC1)C1CC1. The van der Waals surface area contributed by atoms with Crippen molar-refractivity contribution >= 4 is 0 Å². The molecule has 2 nitrogen and oxygen atoms in total. The Bertz CT molecular complexity index is 485. The largest absolute Gasteiger partial charge is 0.385 e. The van der Waals surface area contributed by atoms with Gasteiger partial charge in [0.1, 0.15) is 5.82 Å². The molecule has 0 radical (unpaired) electrons. The number of nitrogens with zero attached hydrogens (tertiary/aromatic N) is 1. The molecule has 0 atom stereocenters. The van der Waals surface area contributed by atoms with Crippen molar-refractivity contribution in [3.63, 3.8) is 0 Å². The summed E-state index contributed by atoms with van der Waals surface area (Å²) in [7, 11) is 0. The summed E-state index contributed by atoms with van der Waals surface area (Å²) in [5.41, 5.74) is -0.0506. The van der Waals surface area contributed by atoms with Crippen LogP contribution < -0.4 is 0 Å². The average molecular weight is 231 g/mol. The van der Waals surface area contributed by atoms with Crippen LogP contribution in [0.3, 0.4) is 0 Å². The molecule has 0 saturated heterocycles. The smallest absolute Gasteiger partial charge is 0.123 e. The van der Waals surface area contributed by atoms with Gasteiger partial charge >= 0.3 is 0 Å². The normalized spacial score (nSPS) is 20.1. The van der Waals surface area contributed by atoms with Crippen molar-refractivity contribution < 1.29 is 9.50 Å². The molecule has 2 saturated carbocycles. The first-order valence-corrected chi connectivity index (χ1v) is 6.08. The molecule has 1 N–H and O–H groups in total. The lowest BCUT2D eigenvalue weighted by molar-refractivity contribution is -0.0107. The number of nitriles is 1. The second-order valence-electron chi connectivity index (χ2n) is 5.18. The Labute approximate surface area is 99.7 Å². The molecule has 2 aliphatic rings. The van der Waals surface area contributed by atoms with Crippen molar-refractivity contribution in [1.82, 2.24) is 0 Å². The average Bonchev–Trinajstić information content (AvgIpc) is 3.20. The number of hydrogen-bond acceptors (Lipinski definition) is 2. The lowest BCUT2D eigenvalue weighted by Crippen LogP contribution is -2.32. The van der Waals surface area contributed by atoms with Crippen molar-refractivity contribution in [2.45, 2.75) is 31.3 Å². The zero-order chi connectivity index (χ0) is 12.0. The highest BCUT2D eigenvalue weighted by atomic mass is 19.1. The molecule has 3 heteroatoms. The van der Waals surface area contributed by atoms with Crippen LogP contribution in [0.15, 0.2) is 18.2 Å². The van der Waals surface area contributed by atoms with E-state index in [0.29, 0.717) is 11.1 Å². The van der Waals surface area contributed by atoms with Gasteiger partial charge < -0.3 is 5.11 Å². The van der Waals surface area contributed by atoms with Gasteiger partial charge in [-0.05, 0) is 55.7 Å². The molecule has 2 fully saturated rings. The summed E-state index contributed by atoms with van der Waals surface area (Å²) in [6.45, 7) is 0. The van der Waals surface area contributed by atoms with E-state index in [9.17, 15) is 9.50 Å². The molecular weight excluding hydrogens is 217 g/mol. The Kier molecular flexibility index (Phi) is 2.24. The quantitative estimate of drug-likeness (QED) is 0.869. The molecular formula is C14H14FNO. The molecule has 1 aromatic carbocycles. The first-order chi connectivity index (χ1) is 8.16. The first-order valence-electron chi connectivity index (χ1n) is 6.08. The molecule has 0 amide bonds. The highest BCUT2D eigenvalue weighted by molar-refractivity contribution is 5.43. The van der Waals surface area contributed by atoms with E-state index in [1.54, 1.807) is 0 Å². The topological polar surface area (TPSA) is 44.0 Å². The standard InChI is InChI=1S/C14H14FNO/c15-12-6-1-9(8-16)13(7-12)14(17,10-2-3-10)11-4-5-11/h1,6-7,10-11,17H,2-5H2. The van der Waals surface area contributed by atoms with Gasteiger partial charge in [-0.1, -0.05) is 0 Å². The minimum absolute atomic E-state index is 0.212. The summed E-state index contributed by atoms with van der Waals surface area (Å²) < 4.78 is 13.4. The van der Waals surface area contributed by atoms with Crippen molar-refractivity contribution in [2.24, 2.45) is 11.8 Å². The van der Waals surface area contributed by atoms with Gasteiger partial charge in [0.25, 0.3) is 0 Å². The molecule has 0 unspecified atom stereocenters. The van der Waals surface area contributed by atoms with Gasteiger partial charge in [0.15, 0.2) is 0 Å². The van der Waals surface area contributed by atoms with E-state index in [4.69, 9.17) is 5.26 Å². The molecule has 1 aromatic rings. The summed E-state index contributed by atoms with van der Waals surface area (Å²) in [6, 6.07) is 6.16. The van der Waals surface area contributed by atoms with Crippen LogP contribution in [0.5, 0.6) is 0 Å². The maximum atomic E-state index is 13.4. The fourth-order valence-electron chi connectivity index (χ4n) is 2.77. The summed E-state index contributed by atoms with van der Waals surface area (Å²) in [5.74, 6) is 0.0477. The molecule has 0 aliphatic heterocycles. The molecule has 0 heterocycles. The molecule has 88 valence electrons. The lowest BCUT2D eigenvalue weighted by Gasteiger charge is -2.29. The van der Waals surface area contributed by atoms with E-state index in [1.165, 1.54) is 18.2 Å². The Morgan fingerprint density at radius 2 is 1.82 bits per heavy atom. The Balaban J connectivity index is 2.12. The summed E-state index contributed by atoms with van der Waals surface area (Å²) >= 11 is 0. The molecule has 3 rings (SSSR count). The van der Waals surface area contributed by atoms with E-state index in [-0.39, 0.29) is 17.7 Å². The number of aliphatic hydroxyl groups is 1. The van der Waals surface area contributed by atoms with Crippen LogP contribution in [0.4, 0.5) is 4.39 Å². The third-order valence-corrected chi connectivity index (χ3v) is 3.93. The Hall–Kier alpha value is -1.40. The van der Waals surface area contributed by atoms with Gasteiger partial charge in [0, 0.05) is 5.56 Å². The summed E-state index contributed by atoms with van der Waals surface area (Å²) in [6.07, 6.45) is 3.92. The summed E-state index contributed by atoms with van der Waals surface area (Å²) in [4.78, 5) is 0. The maximum Gasteiger partial charge on any atom is 0.123 e. The van der Waals surface area contributed by atoms with Gasteiger partial charge in [-0.25, -0.2) is 4.39 Å². The van der Waals surface area contributed by atoms with E-state index >= 15 is 0 Å². The zero-order valence-electron chi connectivity index (χ0n) is 9.49. The highest BCUT2D eigenvalue weighted by Crippen LogP contribution is 2.57. The Morgan fingerprint density at radius 3 is 2.29 bits per heavy atom. The Morgan fingerprint density at radius 1 is 1.24 bits per heavy atom. The van der Waals surface area contributed by atoms with E-state index in [1.807, 2.05) is 0 Å². The van der Waals surface area contributed by atoms with Gasteiger partial charge in [-0.2, -0.15) is 5.26 Å². The van der Waals surface area contributed by atoms with Crippen LogP contribution in [-0.2, 0) is 5.60 Å². The summed E-state index contributed by atoms with van der Waals surface area (Å²) in [5, 5.41) is 20.0. The molecule has 0 bridgehead atoms.